The van der Waals surface area contributed by atoms with Crippen LogP contribution < -0.4 is 5.32 Å². The van der Waals surface area contributed by atoms with E-state index in [0.717, 1.165) is 37.9 Å². The van der Waals surface area contributed by atoms with E-state index in [1.807, 2.05) is 13.0 Å². The van der Waals surface area contributed by atoms with E-state index in [1.54, 1.807) is 17.0 Å². The van der Waals surface area contributed by atoms with Gasteiger partial charge in [-0.3, -0.25) is 4.79 Å². The van der Waals surface area contributed by atoms with Gasteiger partial charge in [-0.05, 0) is 38.0 Å². The van der Waals surface area contributed by atoms with Crippen LogP contribution in [0.15, 0.2) is 18.2 Å². The lowest BCUT2D eigenvalue weighted by atomic mass is 10.1. The molecular formula is C16H23ClN2O2. The van der Waals surface area contributed by atoms with Crippen LogP contribution in [0.1, 0.15) is 43.0 Å². The number of anilines is 1. The zero-order chi connectivity index (χ0) is 15.2. The number of aliphatic hydroxyl groups excluding tert-OH is 1. The zero-order valence-corrected chi connectivity index (χ0v) is 13.2. The van der Waals surface area contributed by atoms with Gasteiger partial charge in [-0.2, -0.15) is 0 Å². The van der Waals surface area contributed by atoms with Crippen LogP contribution in [0.5, 0.6) is 0 Å². The van der Waals surface area contributed by atoms with Gasteiger partial charge in [0, 0.05) is 29.8 Å². The number of hydrogen-bond donors (Lipinski definition) is 2. The molecule has 21 heavy (non-hydrogen) atoms. The summed E-state index contributed by atoms with van der Waals surface area (Å²) in [4.78, 5) is 14.7. The van der Waals surface area contributed by atoms with Gasteiger partial charge in [0.1, 0.15) is 0 Å². The molecular weight excluding hydrogens is 288 g/mol. The van der Waals surface area contributed by atoms with Crippen molar-refractivity contribution in [3.05, 3.63) is 28.8 Å². The Kier molecular flexibility index (Phi) is 5.88. The van der Waals surface area contributed by atoms with Gasteiger partial charge in [0.25, 0.3) is 5.91 Å². The summed E-state index contributed by atoms with van der Waals surface area (Å²) < 4.78 is 0. The molecule has 0 heterocycles. The van der Waals surface area contributed by atoms with E-state index < -0.39 is 0 Å². The first-order valence-corrected chi connectivity index (χ1v) is 8.00. The highest BCUT2D eigenvalue weighted by Gasteiger charge is 2.28. The normalized spacial score (nSPS) is 15.2. The zero-order valence-electron chi connectivity index (χ0n) is 12.4. The number of benzene rings is 1. The third-order valence-corrected chi connectivity index (χ3v) is 4.18. The lowest BCUT2D eigenvalue weighted by molar-refractivity contribution is 0.0639. The fourth-order valence-electron chi connectivity index (χ4n) is 2.97. The summed E-state index contributed by atoms with van der Waals surface area (Å²) in [5.74, 6) is -0.0469. The number of aliphatic hydroxyl groups is 1. The van der Waals surface area contributed by atoms with Crippen LogP contribution >= 0.6 is 11.6 Å². The van der Waals surface area contributed by atoms with Crippen molar-refractivity contribution in [1.82, 2.24) is 4.90 Å². The molecule has 0 aliphatic heterocycles. The minimum Gasteiger partial charge on any atom is -0.395 e. The molecule has 1 amide bonds. The van der Waals surface area contributed by atoms with E-state index in [1.165, 1.54) is 0 Å². The van der Waals surface area contributed by atoms with E-state index >= 15 is 0 Å². The van der Waals surface area contributed by atoms with Gasteiger partial charge >= 0.3 is 0 Å². The van der Waals surface area contributed by atoms with Crippen molar-refractivity contribution in [3.63, 3.8) is 0 Å². The first-order chi connectivity index (χ1) is 10.2. The lowest BCUT2D eigenvalue weighted by Crippen LogP contribution is -2.41. The van der Waals surface area contributed by atoms with E-state index in [9.17, 15) is 9.90 Å². The Bertz CT molecular complexity index is 487. The Labute approximate surface area is 131 Å². The summed E-state index contributed by atoms with van der Waals surface area (Å²) >= 11 is 6.05. The largest absolute Gasteiger partial charge is 0.395 e. The minimum atomic E-state index is -0.0469. The molecule has 0 aromatic heterocycles. The molecule has 4 nitrogen and oxygen atoms in total. The smallest absolute Gasteiger partial charge is 0.256 e. The van der Waals surface area contributed by atoms with Crippen molar-refractivity contribution in [2.75, 3.05) is 25.0 Å². The lowest BCUT2D eigenvalue weighted by Gasteiger charge is -2.29. The highest BCUT2D eigenvalue weighted by Crippen LogP contribution is 2.28. The van der Waals surface area contributed by atoms with Crippen molar-refractivity contribution in [2.45, 2.75) is 38.6 Å². The second kappa shape index (κ2) is 7.66. The highest BCUT2D eigenvalue weighted by molar-refractivity contribution is 6.31. The number of rotatable bonds is 6. The molecule has 1 fully saturated rings. The van der Waals surface area contributed by atoms with Crippen LogP contribution in [-0.2, 0) is 0 Å². The fourth-order valence-corrected chi connectivity index (χ4v) is 3.14. The van der Waals surface area contributed by atoms with Crippen LogP contribution in [0.25, 0.3) is 0 Å². The number of carbonyl (C=O) groups is 1. The molecule has 2 N–H and O–H groups in total. The number of hydrogen-bond acceptors (Lipinski definition) is 3. The number of halogens is 1. The van der Waals surface area contributed by atoms with Gasteiger partial charge in [-0.15, -0.1) is 0 Å². The van der Waals surface area contributed by atoms with Gasteiger partial charge in [0.15, 0.2) is 0 Å². The molecule has 1 aromatic rings. The highest BCUT2D eigenvalue weighted by atomic mass is 35.5. The maximum absolute atomic E-state index is 12.9. The minimum absolute atomic E-state index is 0.0145. The van der Waals surface area contributed by atoms with Crippen LogP contribution in [-0.4, -0.2) is 41.7 Å². The molecule has 1 aliphatic carbocycles. The summed E-state index contributed by atoms with van der Waals surface area (Å²) in [6, 6.07) is 5.56. The van der Waals surface area contributed by atoms with E-state index in [-0.39, 0.29) is 18.6 Å². The number of carbonyl (C=O) groups excluding carboxylic acids is 1. The second-order valence-corrected chi connectivity index (χ2v) is 5.82. The average molecular weight is 311 g/mol. The SMILES string of the molecule is CCNc1ccc(Cl)cc1C(=O)N(CCO)C1CCCC1. The Morgan fingerprint density at radius 1 is 1.43 bits per heavy atom. The summed E-state index contributed by atoms with van der Waals surface area (Å²) in [5, 5.41) is 13.0. The van der Waals surface area contributed by atoms with Crippen LogP contribution in [0, 0.1) is 0 Å². The molecule has 0 radical (unpaired) electrons. The van der Waals surface area contributed by atoms with E-state index in [2.05, 4.69) is 5.32 Å². The first kappa shape index (κ1) is 16.1. The van der Waals surface area contributed by atoms with Crippen molar-refractivity contribution < 1.29 is 9.90 Å². The Hall–Kier alpha value is -1.26. The van der Waals surface area contributed by atoms with E-state index in [0.29, 0.717) is 17.1 Å². The number of amides is 1. The molecule has 1 saturated carbocycles. The molecule has 2 rings (SSSR count). The predicted molar refractivity (Wildman–Crippen MR) is 86.0 cm³/mol. The molecule has 116 valence electrons. The molecule has 0 unspecified atom stereocenters. The number of nitrogens with zero attached hydrogens (tertiary/aromatic N) is 1. The van der Waals surface area contributed by atoms with Gasteiger partial charge in [-0.1, -0.05) is 24.4 Å². The molecule has 1 aliphatic rings. The predicted octanol–water partition coefficient (Wildman–Crippen LogP) is 3.15. The van der Waals surface area contributed by atoms with Crippen molar-refractivity contribution >= 4 is 23.2 Å². The molecule has 1 aromatic carbocycles. The van der Waals surface area contributed by atoms with Gasteiger partial charge in [0.05, 0.1) is 12.2 Å². The summed E-state index contributed by atoms with van der Waals surface area (Å²) in [7, 11) is 0. The monoisotopic (exact) mass is 310 g/mol. The van der Waals surface area contributed by atoms with Crippen LogP contribution in [0.3, 0.4) is 0 Å². The fraction of sp³-hybridized carbons (Fsp3) is 0.562. The standard InChI is InChI=1S/C16H23ClN2O2/c1-2-18-15-8-7-12(17)11-14(15)16(21)19(9-10-20)13-5-3-4-6-13/h7-8,11,13,18,20H,2-6,9-10H2,1H3. The summed E-state index contributed by atoms with van der Waals surface area (Å²) in [6.45, 7) is 3.09. The van der Waals surface area contributed by atoms with Crippen molar-refractivity contribution in [3.8, 4) is 0 Å². The maximum Gasteiger partial charge on any atom is 0.256 e. The second-order valence-electron chi connectivity index (χ2n) is 5.38. The van der Waals surface area contributed by atoms with E-state index in [4.69, 9.17) is 11.6 Å². The van der Waals surface area contributed by atoms with Gasteiger partial charge in [0.2, 0.25) is 0 Å². The quantitative estimate of drug-likeness (QED) is 0.848. The molecule has 0 bridgehead atoms. The Balaban J connectivity index is 2.28. The Morgan fingerprint density at radius 3 is 2.76 bits per heavy atom. The Morgan fingerprint density at radius 2 is 2.14 bits per heavy atom. The summed E-state index contributed by atoms with van der Waals surface area (Å²) in [6.07, 6.45) is 4.33. The number of nitrogens with one attached hydrogen (secondary N) is 1. The summed E-state index contributed by atoms with van der Waals surface area (Å²) in [5.41, 5.74) is 1.39. The third kappa shape index (κ3) is 3.89. The molecule has 5 heteroatoms. The maximum atomic E-state index is 12.9. The third-order valence-electron chi connectivity index (χ3n) is 3.95. The average Bonchev–Trinajstić information content (AvgIpc) is 3.00. The first-order valence-electron chi connectivity index (χ1n) is 7.62. The van der Waals surface area contributed by atoms with Crippen LogP contribution in [0.2, 0.25) is 5.02 Å². The van der Waals surface area contributed by atoms with Gasteiger partial charge < -0.3 is 15.3 Å². The van der Waals surface area contributed by atoms with Crippen LogP contribution in [0.4, 0.5) is 5.69 Å². The molecule has 0 saturated heterocycles. The topological polar surface area (TPSA) is 52.6 Å². The van der Waals surface area contributed by atoms with Crippen molar-refractivity contribution in [2.24, 2.45) is 0 Å². The molecule has 0 spiro atoms. The van der Waals surface area contributed by atoms with Gasteiger partial charge in [-0.25, -0.2) is 0 Å². The molecule has 0 atom stereocenters. The van der Waals surface area contributed by atoms with Crippen molar-refractivity contribution in [1.29, 1.82) is 0 Å².